The molecule has 1 fully saturated rings. The molecule has 2 unspecified atom stereocenters. The molecule has 8 nitrogen and oxygen atoms in total. The quantitative estimate of drug-likeness (QED) is 0.318. The zero-order chi connectivity index (χ0) is 20.8. The van der Waals surface area contributed by atoms with Gasteiger partial charge in [-0.15, -0.1) is 24.0 Å². The van der Waals surface area contributed by atoms with Crippen LogP contribution in [-0.2, 0) is 24.3 Å². The summed E-state index contributed by atoms with van der Waals surface area (Å²) in [4.78, 5) is 11.7. The van der Waals surface area contributed by atoms with Crippen LogP contribution in [0.5, 0.6) is 0 Å². The van der Waals surface area contributed by atoms with Crippen molar-refractivity contribution in [1.82, 2.24) is 30.3 Å². The molecule has 172 valence electrons. The van der Waals surface area contributed by atoms with Crippen LogP contribution in [0, 0.1) is 11.8 Å². The van der Waals surface area contributed by atoms with Crippen LogP contribution in [0.3, 0.4) is 0 Å². The van der Waals surface area contributed by atoms with Gasteiger partial charge in [0, 0.05) is 39.2 Å². The minimum absolute atomic E-state index is 0. The van der Waals surface area contributed by atoms with Gasteiger partial charge in [0.1, 0.15) is 12.4 Å². The Morgan fingerprint density at radius 3 is 2.63 bits per heavy atom. The molecule has 2 atom stereocenters. The van der Waals surface area contributed by atoms with Crippen LogP contribution in [0.25, 0.3) is 0 Å². The Labute approximate surface area is 198 Å². The van der Waals surface area contributed by atoms with Gasteiger partial charge in [-0.05, 0) is 44.2 Å². The molecule has 3 heterocycles. The molecular formula is C21H40IN7O. The first-order valence-electron chi connectivity index (χ1n) is 11.1. The van der Waals surface area contributed by atoms with Crippen molar-refractivity contribution >= 4 is 29.9 Å². The lowest BCUT2D eigenvalue weighted by atomic mass is 9.94. The van der Waals surface area contributed by atoms with Crippen LogP contribution in [0.2, 0.25) is 0 Å². The van der Waals surface area contributed by atoms with Crippen molar-refractivity contribution in [2.45, 2.75) is 71.7 Å². The first-order chi connectivity index (χ1) is 14.0. The number of aliphatic imine (C=N–C) groups is 1. The fourth-order valence-corrected chi connectivity index (χ4v) is 4.40. The van der Waals surface area contributed by atoms with Crippen molar-refractivity contribution in [2.24, 2.45) is 16.8 Å². The van der Waals surface area contributed by atoms with Crippen LogP contribution < -0.4 is 10.6 Å². The highest BCUT2D eigenvalue weighted by molar-refractivity contribution is 14.0. The third-order valence-electron chi connectivity index (χ3n) is 6.28. The normalized spacial score (nSPS) is 21.8. The molecule has 2 aliphatic heterocycles. The number of rotatable bonds is 7. The molecule has 1 aromatic rings. The molecule has 2 N–H and O–H groups in total. The van der Waals surface area contributed by atoms with E-state index in [0.717, 1.165) is 49.5 Å². The average Bonchev–Trinajstić information content (AvgIpc) is 3.10. The highest BCUT2D eigenvalue weighted by Crippen LogP contribution is 2.21. The molecule has 0 radical (unpaired) electrons. The Kier molecular flexibility index (Phi) is 10.3. The second-order valence-electron chi connectivity index (χ2n) is 8.92. The number of likely N-dealkylation sites (tertiary alicyclic amines) is 1. The first kappa shape index (κ1) is 25.3. The van der Waals surface area contributed by atoms with Gasteiger partial charge in [0.15, 0.2) is 11.8 Å². The number of piperidine rings is 1. The summed E-state index contributed by atoms with van der Waals surface area (Å²) < 4.78 is 7.17. The van der Waals surface area contributed by atoms with Crippen molar-refractivity contribution in [3.05, 3.63) is 11.6 Å². The lowest BCUT2D eigenvalue weighted by Gasteiger charge is -2.39. The van der Waals surface area contributed by atoms with Crippen LogP contribution >= 0.6 is 24.0 Å². The van der Waals surface area contributed by atoms with Crippen LogP contribution in [-0.4, -0.2) is 71.5 Å². The molecule has 30 heavy (non-hydrogen) atoms. The van der Waals surface area contributed by atoms with Crippen molar-refractivity contribution in [3.63, 3.8) is 0 Å². The number of fused-ring (bicyclic) bond motifs is 1. The SMILES string of the molecule is CN=C(NCC(C(C)C)N1CCC(C)CC1)NC1CCc2nc(COC)nn2C1.I. The number of ether oxygens (including phenoxy) is 1. The lowest BCUT2D eigenvalue weighted by Crippen LogP contribution is -2.53. The van der Waals surface area contributed by atoms with Crippen molar-refractivity contribution in [2.75, 3.05) is 33.8 Å². The third kappa shape index (κ3) is 6.78. The summed E-state index contributed by atoms with van der Waals surface area (Å²) in [5, 5.41) is 11.7. The number of nitrogens with one attached hydrogen (secondary N) is 2. The number of aromatic nitrogens is 3. The number of methoxy groups -OCH3 is 1. The molecule has 1 saturated heterocycles. The first-order valence-corrected chi connectivity index (χ1v) is 11.1. The highest BCUT2D eigenvalue weighted by atomic mass is 127. The van der Waals surface area contributed by atoms with Crippen LogP contribution in [0.4, 0.5) is 0 Å². The molecule has 0 bridgehead atoms. The van der Waals surface area contributed by atoms with Crippen LogP contribution in [0.15, 0.2) is 4.99 Å². The van der Waals surface area contributed by atoms with E-state index in [-0.39, 0.29) is 24.0 Å². The second kappa shape index (κ2) is 12.2. The van der Waals surface area contributed by atoms with Crippen molar-refractivity contribution < 1.29 is 4.74 Å². The lowest BCUT2D eigenvalue weighted by molar-refractivity contribution is 0.110. The van der Waals surface area contributed by atoms with E-state index >= 15 is 0 Å². The summed E-state index contributed by atoms with van der Waals surface area (Å²) in [6, 6.07) is 0.838. The number of hydrogen-bond acceptors (Lipinski definition) is 5. The minimum atomic E-state index is 0. The van der Waals surface area contributed by atoms with Gasteiger partial charge < -0.3 is 15.4 Å². The molecule has 1 aromatic heterocycles. The van der Waals surface area contributed by atoms with Gasteiger partial charge in [-0.25, -0.2) is 9.67 Å². The predicted molar refractivity (Wildman–Crippen MR) is 131 cm³/mol. The zero-order valence-electron chi connectivity index (χ0n) is 19.2. The Morgan fingerprint density at radius 1 is 1.27 bits per heavy atom. The van der Waals surface area contributed by atoms with E-state index in [0.29, 0.717) is 24.6 Å². The van der Waals surface area contributed by atoms with Gasteiger partial charge in [0.2, 0.25) is 0 Å². The zero-order valence-corrected chi connectivity index (χ0v) is 21.6. The van der Waals surface area contributed by atoms with Gasteiger partial charge in [0.05, 0.1) is 6.54 Å². The summed E-state index contributed by atoms with van der Waals surface area (Å²) in [6.45, 7) is 11.6. The average molecular weight is 534 g/mol. The molecule has 0 spiro atoms. The Hall–Kier alpha value is -0.940. The fourth-order valence-electron chi connectivity index (χ4n) is 4.40. The van der Waals surface area contributed by atoms with Gasteiger partial charge in [0.25, 0.3) is 0 Å². The number of hydrogen-bond donors (Lipinski definition) is 2. The summed E-state index contributed by atoms with van der Waals surface area (Å²) >= 11 is 0. The predicted octanol–water partition coefficient (Wildman–Crippen LogP) is 2.28. The Bertz CT molecular complexity index is 670. The minimum Gasteiger partial charge on any atom is -0.377 e. The summed E-state index contributed by atoms with van der Waals surface area (Å²) in [6.07, 6.45) is 4.57. The molecule has 2 aliphatic rings. The molecule has 3 rings (SSSR count). The Balaban J connectivity index is 0.00000320. The van der Waals surface area contributed by atoms with Crippen molar-refractivity contribution in [1.29, 1.82) is 0 Å². The monoisotopic (exact) mass is 533 g/mol. The van der Waals surface area contributed by atoms with E-state index in [1.165, 1.54) is 25.9 Å². The van der Waals surface area contributed by atoms with E-state index in [2.05, 4.69) is 51.4 Å². The van der Waals surface area contributed by atoms with Crippen molar-refractivity contribution in [3.8, 4) is 0 Å². The number of aryl methyl sites for hydroxylation is 1. The van der Waals surface area contributed by atoms with Gasteiger partial charge >= 0.3 is 0 Å². The fraction of sp³-hybridized carbons (Fsp3) is 0.857. The summed E-state index contributed by atoms with van der Waals surface area (Å²) in [7, 11) is 3.53. The number of halogens is 1. The Morgan fingerprint density at radius 2 is 2.00 bits per heavy atom. The smallest absolute Gasteiger partial charge is 0.191 e. The standard InChI is InChI=1S/C21H39N7O.HI/c1-15(2)18(27-10-8-16(3)9-11-27)12-23-21(22-4)24-17-6-7-20-25-19(14-29-5)26-28(20)13-17;/h15-18H,6-14H2,1-5H3,(H2,22,23,24);1H. The molecule has 9 heteroatoms. The van der Waals surface area contributed by atoms with E-state index in [9.17, 15) is 0 Å². The van der Waals surface area contributed by atoms with E-state index in [1.54, 1.807) is 7.11 Å². The molecular weight excluding hydrogens is 493 g/mol. The molecule has 0 aliphatic carbocycles. The summed E-state index contributed by atoms with van der Waals surface area (Å²) in [5.41, 5.74) is 0. The molecule has 0 aromatic carbocycles. The molecule has 0 saturated carbocycles. The maximum absolute atomic E-state index is 5.16. The van der Waals surface area contributed by atoms with E-state index in [4.69, 9.17) is 4.74 Å². The largest absolute Gasteiger partial charge is 0.377 e. The maximum atomic E-state index is 5.16. The number of nitrogens with zero attached hydrogens (tertiary/aromatic N) is 5. The van der Waals surface area contributed by atoms with Gasteiger partial charge in [-0.2, -0.15) is 5.10 Å². The molecule has 0 amide bonds. The topological polar surface area (TPSA) is 79.6 Å². The van der Waals surface area contributed by atoms with E-state index < -0.39 is 0 Å². The van der Waals surface area contributed by atoms with Gasteiger partial charge in [-0.3, -0.25) is 9.89 Å². The maximum Gasteiger partial charge on any atom is 0.191 e. The second-order valence-corrected chi connectivity index (χ2v) is 8.92. The number of guanidine groups is 1. The van der Waals surface area contributed by atoms with E-state index in [1.807, 2.05) is 11.7 Å². The highest BCUT2D eigenvalue weighted by Gasteiger charge is 2.26. The van der Waals surface area contributed by atoms with Crippen LogP contribution in [0.1, 0.15) is 51.7 Å². The van der Waals surface area contributed by atoms with Gasteiger partial charge in [-0.1, -0.05) is 20.8 Å². The third-order valence-corrected chi connectivity index (χ3v) is 6.28. The summed E-state index contributed by atoms with van der Waals surface area (Å²) in [5.74, 6) is 4.17.